The molecule has 0 bridgehead atoms. The van der Waals surface area contributed by atoms with Crippen molar-refractivity contribution in [1.82, 2.24) is 20.1 Å². The maximum Gasteiger partial charge on any atom is 0.0951 e. The van der Waals surface area contributed by atoms with Crippen LogP contribution in [0.2, 0.25) is 5.02 Å². The number of nitrogens with one attached hydrogen (secondary N) is 1. The van der Waals surface area contributed by atoms with Crippen molar-refractivity contribution in [2.45, 2.75) is 20.0 Å². The molecule has 0 amide bonds. The van der Waals surface area contributed by atoms with Gasteiger partial charge in [-0.1, -0.05) is 11.6 Å². The molecule has 2 aromatic rings. The predicted molar refractivity (Wildman–Crippen MR) is 65.6 cm³/mol. The van der Waals surface area contributed by atoms with E-state index in [1.165, 1.54) is 0 Å². The number of nitrogens with zero attached hydrogens (tertiary/aromatic N) is 3. The predicted octanol–water partition coefficient (Wildman–Crippen LogP) is 2.46. The van der Waals surface area contributed by atoms with Crippen LogP contribution in [0.5, 0.6) is 0 Å². The van der Waals surface area contributed by atoms with Gasteiger partial charge in [0.1, 0.15) is 0 Å². The summed E-state index contributed by atoms with van der Waals surface area (Å²) in [5, 5.41) is 9.82. The second kappa shape index (κ2) is 4.95. The van der Waals surface area contributed by atoms with Gasteiger partial charge in [0.15, 0.2) is 0 Å². The Morgan fingerprint density at radius 3 is 2.88 bits per heavy atom. The molecule has 0 fully saturated rings. The highest BCUT2D eigenvalue weighted by Gasteiger charge is 2.10. The standard InChI is InChI=1S/C10H13ClN4S/c1-7-10(11)9(14-13-7)4-15(2)3-8-5-16-6-12-8/h5-6H,3-4H2,1-2H3,(H,13,14). The average Bonchev–Trinajstić information content (AvgIpc) is 2.83. The highest BCUT2D eigenvalue weighted by atomic mass is 35.5. The lowest BCUT2D eigenvalue weighted by Crippen LogP contribution is -2.17. The minimum Gasteiger partial charge on any atom is -0.295 e. The molecule has 0 saturated heterocycles. The fraction of sp³-hybridized carbons (Fsp3) is 0.400. The second-order valence-corrected chi connectivity index (χ2v) is 4.86. The van der Waals surface area contributed by atoms with Crippen LogP contribution in [-0.2, 0) is 13.1 Å². The van der Waals surface area contributed by atoms with Crippen LogP contribution in [0.3, 0.4) is 0 Å². The molecule has 0 saturated carbocycles. The van der Waals surface area contributed by atoms with E-state index in [1.54, 1.807) is 11.3 Å². The first kappa shape index (κ1) is 11.6. The van der Waals surface area contributed by atoms with Crippen LogP contribution in [0.1, 0.15) is 17.1 Å². The first-order chi connectivity index (χ1) is 7.66. The van der Waals surface area contributed by atoms with E-state index in [0.717, 1.165) is 35.2 Å². The molecule has 0 aromatic carbocycles. The molecule has 0 aliphatic carbocycles. The van der Waals surface area contributed by atoms with Crippen LogP contribution in [0.15, 0.2) is 10.9 Å². The smallest absolute Gasteiger partial charge is 0.0951 e. The molecule has 0 spiro atoms. The van der Waals surface area contributed by atoms with Gasteiger partial charge in [-0.05, 0) is 14.0 Å². The topological polar surface area (TPSA) is 44.8 Å². The number of aromatic amines is 1. The number of aryl methyl sites for hydroxylation is 1. The summed E-state index contributed by atoms with van der Waals surface area (Å²) in [5.74, 6) is 0. The Kier molecular flexibility index (Phi) is 3.58. The molecule has 0 aliphatic heterocycles. The zero-order valence-corrected chi connectivity index (χ0v) is 10.8. The zero-order chi connectivity index (χ0) is 11.5. The molecule has 0 aliphatic rings. The summed E-state index contributed by atoms with van der Waals surface area (Å²) in [6.45, 7) is 3.45. The van der Waals surface area contributed by atoms with Gasteiger partial charge in [-0.3, -0.25) is 10.00 Å². The molecular weight excluding hydrogens is 244 g/mol. The first-order valence-electron chi connectivity index (χ1n) is 4.91. The summed E-state index contributed by atoms with van der Waals surface area (Å²) in [7, 11) is 2.03. The average molecular weight is 257 g/mol. The Labute approximate surface area is 103 Å². The number of hydrogen-bond acceptors (Lipinski definition) is 4. The van der Waals surface area contributed by atoms with Crippen molar-refractivity contribution >= 4 is 22.9 Å². The molecule has 86 valence electrons. The van der Waals surface area contributed by atoms with Crippen molar-refractivity contribution in [3.8, 4) is 0 Å². The molecule has 1 N–H and O–H groups in total. The van der Waals surface area contributed by atoms with E-state index in [9.17, 15) is 0 Å². The maximum absolute atomic E-state index is 6.10. The molecule has 0 radical (unpaired) electrons. The van der Waals surface area contributed by atoms with E-state index in [1.807, 2.05) is 24.9 Å². The largest absolute Gasteiger partial charge is 0.295 e. The lowest BCUT2D eigenvalue weighted by Gasteiger charge is -2.13. The maximum atomic E-state index is 6.10. The van der Waals surface area contributed by atoms with Crippen molar-refractivity contribution in [3.05, 3.63) is 33.0 Å². The van der Waals surface area contributed by atoms with Crippen LogP contribution >= 0.6 is 22.9 Å². The Morgan fingerprint density at radius 2 is 2.31 bits per heavy atom. The van der Waals surface area contributed by atoms with Gasteiger partial charge in [-0.25, -0.2) is 4.98 Å². The van der Waals surface area contributed by atoms with E-state index in [4.69, 9.17) is 11.6 Å². The first-order valence-corrected chi connectivity index (χ1v) is 6.24. The Hall–Kier alpha value is -0.910. The van der Waals surface area contributed by atoms with Gasteiger partial charge < -0.3 is 0 Å². The Balaban J connectivity index is 1.97. The number of rotatable bonds is 4. The normalized spacial score (nSPS) is 11.2. The van der Waals surface area contributed by atoms with Crippen LogP contribution in [-0.4, -0.2) is 27.1 Å². The summed E-state index contributed by atoms with van der Waals surface area (Å²) in [4.78, 5) is 6.38. The fourth-order valence-electron chi connectivity index (χ4n) is 1.47. The van der Waals surface area contributed by atoms with Gasteiger partial charge in [-0.2, -0.15) is 5.10 Å². The van der Waals surface area contributed by atoms with E-state index in [0.29, 0.717) is 0 Å². The molecule has 16 heavy (non-hydrogen) atoms. The molecule has 0 atom stereocenters. The Bertz CT molecular complexity index is 451. The third-order valence-electron chi connectivity index (χ3n) is 2.28. The highest BCUT2D eigenvalue weighted by Crippen LogP contribution is 2.18. The van der Waals surface area contributed by atoms with Crippen molar-refractivity contribution < 1.29 is 0 Å². The van der Waals surface area contributed by atoms with Gasteiger partial charge in [0, 0.05) is 18.5 Å². The molecular formula is C10H13ClN4S. The monoisotopic (exact) mass is 256 g/mol. The van der Waals surface area contributed by atoms with E-state index >= 15 is 0 Å². The van der Waals surface area contributed by atoms with Crippen LogP contribution < -0.4 is 0 Å². The number of hydrogen-bond donors (Lipinski definition) is 1. The van der Waals surface area contributed by atoms with Gasteiger partial charge in [0.25, 0.3) is 0 Å². The van der Waals surface area contributed by atoms with E-state index in [2.05, 4.69) is 20.1 Å². The summed E-state index contributed by atoms with van der Waals surface area (Å²) < 4.78 is 0. The molecule has 2 rings (SSSR count). The molecule has 2 heterocycles. The summed E-state index contributed by atoms with van der Waals surface area (Å²) >= 11 is 7.71. The molecule has 4 nitrogen and oxygen atoms in total. The summed E-state index contributed by atoms with van der Waals surface area (Å²) in [6, 6.07) is 0. The van der Waals surface area contributed by atoms with Gasteiger partial charge in [-0.15, -0.1) is 11.3 Å². The molecule has 0 unspecified atom stereocenters. The number of thiazole rings is 1. The van der Waals surface area contributed by atoms with Crippen molar-refractivity contribution in [2.75, 3.05) is 7.05 Å². The minimum atomic E-state index is 0.723. The molecule has 6 heteroatoms. The van der Waals surface area contributed by atoms with Crippen molar-refractivity contribution in [2.24, 2.45) is 0 Å². The minimum absolute atomic E-state index is 0.723. The van der Waals surface area contributed by atoms with Gasteiger partial charge in [0.05, 0.1) is 27.6 Å². The quantitative estimate of drug-likeness (QED) is 0.914. The van der Waals surface area contributed by atoms with E-state index < -0.39 is 0 Å². The summed E-state index contributed by atoms with van der Waals surface area (Å²) in [6.07, 6.45) is 0. The van der Waals surface area contributed by atoms with Gasteiger partial charge >= 0.3 is 0 Å². The van der Waals surface area contributed by atoms with Crippen molar-refractivity contribution in [3.63, 3.8) is 0 Å². The van der Waals surface area contributed by atoms with Crippen LogP contribution in [0.25, 0.3) is 0 Å². The zero-order valence-electron chi connectivity index (χ0n) is 9.20. The van der Waals surface area contributed by atoms with Crippen LogP contribution in [0, 0.1) is 6.92 Å². The van der Waals surface area contributed by atoms with E-state index in [-0.39, 0.29) is 0 Å². The molecule has 2 aromatic heterocycles. The second-order valence-electron chi connectivity index (χ2n) is 3.76. The van der Waals surface area contributed by atoms with Crippen molar-refractivity contribution in [1.29, 1.82) is 0 Å². The lowest BCUT2D eigenvalue weighted by molar-refractivity contribution is 0.312. The van der Waals surface area contributed by atoms with Crippen LogP contribution in [0.4, 0.5) is 0 Å². The highest BCUT2D eigenvalue weighted by molar-refractivity contribution is 7.07. The lowest BCUT2D eigenvalue weighted by atomic mass is 10.3. The number of H-pyrrole nitrogens is 1. The third-order valence-corrected chi connectivity index (χ3v) is 3.41. The van der Waals surface area contributed by atoms with Gasteiger partial charge in [0.2, 0.25) is 0 Å². The Morgan fingerprint density at radius 1 is 1.50 bits per heavy atom. The third kappa shape index (κ3) is 2.61. The SMILES string of the molecule is Cc1[nH]nc(CN(C)Cc2cscn2)c1Cl. The number of aromatic nitrogens is 3. The fourth-order valence-corrected chi connectivity index (χ4v) is 2.17. The summed E-state index contributed by atoms with van der Waals surface area (Å²) in [5.41, 5.74) is 4.72. The number of halogens is 1.